The number of aromatic nitrogens is 1. The van der Waals surface area contributed by atoms with Gasteiger partial charge in [0.15, 0.2) is 0 Å². The molecule has 1 heterocycles. The van der Waals surface area contributed by atoms with Gasteiger partial charge in [-0.25, -0.2) is 9.78 Å². The van der Waals surface area contributed by atoms with Gasteiger partial charge in [0, 0.05) is 11.5 Å². The zero-order chi connectivity index (χ0) is 13.3. The standard InChI is InChI=1S/C13H9Cl2NO2/c1-7-6-8(2-5-11(17)18)16-13-9(7)3-4-10(14)12(13)15/h2-6H,1H3,(H,17,18)/b5-2+. The van der Waals surface area contributed by atoms with Crippen LogP contribution >= 0.6 is 23.2 Å². The molecule has 0 aliphatic carbocycles. The number of fused-ring (bicyclic) bond motifs is 1. The van der Waals surface area contributed by atoms with Crippen molar-refractivity contribution in [3.63, 3.8) is 0 Å². The van der Waals surface area contributed by atoms with Gasteiger partial charge in [0.2, 0.25) is 0 Å². The van der Waals surface area contributed by atoms with Crippen molar-refractivity contribution in [3.05, 3.63) is 45.6 Å². The summed E-state index contributed by atoms with van der Waals surface area (Å²) in [6.45, 7) is 1.91. The molecule has 1 N–H and O–H groups in total. The zero-order valence-corrected chi connectivity index (χ0v) is 11.0. The number of aryl methyl sites for hydroxylation is 1. The van der Waals surface area contributed by atoms with Gasteiger partial charge in [0.1, 0.15) is 0 Å². The van der Waals surface area contributed by atoms with Crippen LogP contribution in [-0.4, -0.2) is 16.1 Å². The first-order valence-corrected chi connectivity index (χ1v) is 5.91. The number of nitrogens with zero attached hydrogens (tertiary/aromatic N) is 1. The maximum Gasteiger partial charge on any atom is 0.328 e. The summed E-state index contributed by atoms with van der Waals surface area (Å²) in [6, 6.07) is 5.36. The summed E-state index contributed by atoms with van der Waals surface area (Å²) >= 11 is 12.0. The van der Waals surface area contributed by atoms with Gasteiger partial charge in [-0.3, -0.25) is 0 Å². The Morgan fingerprint density at radius 1 is 1.39 bits per heavy atom. The van der Waals surface area contributed by atoms with Crippen LogP contribution in [0.5, 0.6) is 0 Å². The second-order valence-corrected chi connectivity index (χ2v) is 4.58. The van der Waals surface area contributed by atoms with Crippen molar-refractivity contribution in [1.82, 2.24) is 4.98 Å². The van der Waals surface area contributed by atoms with Gasteiger partial charge in [0.25, 0.3) is 0 Å². The highest BCUT2D eigenvalue weighted by Gasteiger charge is 2.08. The Kier molecular flexibility index (Phi) is 3.55. The van der Waals surface area contributed by atoms with Crippen LogP contribution in [0.4, 0.5) is 0 Å². The minimum absolute atomic E-state index is 0.378. The van der Waals surface area contributed by atoms with E-state index in [2.05, 4.69) is 4.98 Å². The highest BCUT2D eigenvalue weighted by molar-refractivity contribution is 6.45. The average Bonchev–Trinajstić information content (AvgIpc) is 2.32. The summed E-state index contributed by atoms with van der Waals surface area (Å²) in [5, 5.41) is 10.3. The van der Waals surface area contributed by atoms with E-state index in [0.29, 0.717) is 21.3 Å². The van der Waals surface area contributed by atoms with Crippen LogP contribution in [0.25, 0.3) is 17.0 Å². The van der Waals surface area contributed by atoms with Gasteiger partial charge >= 0.3 is 5.97 Å². The molecule has 0 saturated heterocycles. The predicted molar refractivity (Wildman–Crippen MR) is 73.2 cm³/mol. The number of pyridine rings is 1. The molecule has 0 saturated carbocycles. The SMILES string of the molecule is Cc1cc(/C=C/C(=O)O)nc2c(Cl)c(Cl)ccc12. The number of rotatable bonds is 2. The first kappa shape index (κ1) is 12.9. The van der Waals surface area contributed by atoms with Gasteiger partial charge in [-0.1, -0.05) is 29.3 Å². The smallest absolute Gasteiger partial charge is 0.328 e. The minimum Gasteiger partial charge on any atom is -0.478 e. The molecule has 0 spiro atoms. The molecule has 0 bridgehead atoms. The van der Waals surface area contributed by atoms with Gasteiger partial charge in [-0.2, -0.15) is 0 Å². The Hall–Kier alpha value is -1.58. The fraction of sp³-hybridized carbons (Fsp3) is 0.0769. The normalized spacial score (nSPS) is 11.3. The van der Waals surface area contributed by atoms with Crippen molar-refractivity contribution < 1.29 is 9.90 Å². The average molecular weight is 282 g/mol. The number of halogens is 2. The molecule has 0 aliphatic heterocycles. The molecular weight excluding hydrogens is 273 g/mol. The number of benzene rings is 1. The molecule has 0 aliphatic rings. The third kappa shape index (κ3) is 2.47. The van der Waals surface area contributed by atoms with Crippen molar-refractivity contribution in [1.29, 1.82) is 0 Å². The summed E-state index contributed by atoms with van der Waals surface area (Å²) in [5.41, 5.74) is 2.07. The second-order valence-electron chi connectivity index (χ2n) is 3.79. The number of carboxylic acid groups (broad SMARTS) is 1. The lowest BCUT2D eigenvalue weighted by Crippen LogP contribution is -1.91. The van der Waals surface area contributed by atoms with E-state index in [1.807, 2.05) is 13.0 Å². The third-order valence-corrected chi connectivity index (χ3v) is 3.29. The molecule has 0 atom stereocenters. The lowest BCUT2D eigenvalue weighted by atomic mass is 10.1. The first-order valence-electron chi connectivity index (χ1n) is 5.15. The highest BCUT2D eigenvalue weighted by Crippen LogP contribution is 2.31. The minimum atomic E-state index is -1.02. The molecule has 0 radical (unpaired) electrons. The monoisotopic (exact) mass is 281 g/mol. The summed E-state index contributed by atoms with van der Waals surface area (Å²) < 4.78 is 0. The summed E-state index contributed by atoms with van der Waals surface area (Å²) in [5.74, 6) is -1.02. The van der Waals surface area contributed by atoms with Crippen molar-refractivity contribution in [2.75, 3.05) is 0 Å². The van der Waals surface area contributed by atoms with E-state index in [1.54, 1.807) is 12.1 Å². The Morgan fingerprint density at radius 2 is 2.11 bits per heavy atom. The van der Waals surface area contributed by atoms with Crippen molar-refractivity contribution in [2.24, 2.45) is 0 Å². The maximum atomic E-state index is 10.5. The molecule has 2 aromatic rings. The Morgan fingerprint density at radius 3 is 2.78 bits per heavy atom. The van der Waals surface area contributed by atoms with E-state index in [0.717, 1.165) is 17.0 Å². The maximum absolute atomic E-state index is 10.5. The molecule has 1 aromatic carbocycles. The van der Waals surface area contributed by atoms with Crippen LogP contribution in [0, 0.1) is 6.92 Å². The number of carboxylic acids is 1. The second kappa shape index (κ2) is 4.96. The van der Waals surface area contributed by atoms with Crippen LogP contribution in [0.1, 0.15) is 11.3 Å². The number of aliphatic carboxylic acids is 1. The lowest BCUT2D eigenvalue weighted by molar-refractivity contribution is -0.131. The predicted octanol–water partition coefficient (Wildman–Crippen LogP) is 3.95. The van der Waals surface area contributed by atoms with Crippen molar-refractivity contribution in [2.45, 2.75) is 6.92 Å². The van der Waals surface area contributed by atoms with E-state index >= 15 is 0 Å². The van der Waals surface area contributed by atoms with E-state index < -0.39 is 5.97 Å². The van der Waals surface area contributed by atoms with Crippen molar-refractivity contribution in [3.8, 4) is 0 Å². The molecule has 0 amide bonds. The van der Waals surface area contributed by atoms with Crippen molar-refractivity contribution >= 4 is 46.2 Å². The van der Waals surface area contributed by atoms with E-state index in [4.69, 9.17) is 28.3 Å². The van der Waals surface area contributed by atoms with Gasteiger partial charge < -0.3 is 5.11 Å². The largest absolute Gasteiger partial charge is 0.478 e. The third-order valence-electron chi connectivity index (χ3n) is 2.50. The Balaban J connectivity index is 2.67. The Bertz CT molecular complexity index is 666. The fourth-order valence-corrected chi connectivity index (χ4v) is 2.03. The summed E-state index contributed by atoms with van der Waals surface area (Å²) in [4.78, 5) is 14.8. The molecule has 2 rings (SSSR count). The lowest BCUT2D eigenvalue weighted by Gasteiger charge is -2.06. The molecule has 1 aromatic heterocycles. The van der Waals surface area contributed by atoms with Gasteiger partial charge in [0.05, 0.1) is 21.3 Å². The molecular formula is C13H9Cl2NO2. The van der Waals surface area contributed by atoms with E-state index in [-0.39, 0.29) is 0 Å². The number of hydrogen-bond acceptors (Lipinski definition) is 2. The number of hydrogen-bond donors (Lipinski definition) is 1. The molecule has 5 heteroatoms. The van der Waals surface area contributed by atoms with Gasteiger partial charge in [-0.15, -0.1) is 0 Å². The Labute approximate surface area is 114 Å². The van der Waals surface area contributed by atoms with Crippen LogP contribution in [0.15, 0.2) is 24.3 Å². The zero-order valence-electron chi connectivity index (χ0n) is 9.45. The van der Waals surface area contributed by atoms with E-state index in [9.17, 15) is 4.79 Å². The fourth-order valence-electron chi connectivity index (χ4n) is 1.67. The van der Waals surface area contributed by atoms with Crippen LogP contribution in [0.2, 0.25) is 10.0 Å². The molecule has 0 unspecified atom stereocenters. The molecule has 3 nitrogen and oxygen atoms in total. The van der Waals surface area contributed by atoms with Crippen LogP contribution in [0.3, 0.4) is 0 Å². The topological polar surface area (TPSA) is 50.2 Å². The summed E-state index contributed by atoms with van der Waals surface area (Å²) in [7, 11) is 0. The quantitative estimate of drug-likeness (QED) is 0.848. The van der Waals surface area contributed by atoms with E-state index in [1.165, 1.54) is 6.08 Å². The molecule has 18 heavy (non-hydrogen) atoms. The van der Waals surface area contributed by atoms with Crippen LogP contribution in [-0.2, 0) is 4.79 Å². The van der Waals surface area contributed by atoms with Gasteiger partial charge in [-0.05, 0) is 30.7 Å². The van der Waals surface area contributed by atoms with Crippen LogP contribution < -0.4 is 0 Å². The number of carbonyl (C=O) groups is 1. The molecule has 92 valence electrons. The molecule has 0 fully saturated rings. The first-order chi connectivity index (χ1) is 8.49. The highest BCUT2D eigenvalue weighted by atomic mass is 35.5. The summed E-state index contributed by atoms with van der Waals surface area (Å²) in [6.07, 6.45) is 2.46.